The molecule has 17 heavy (non-hydrogen) atoms. The molecule has 0 aliphatic carbocycles. The van der Waals surface area contributed by atoms with Gasteiger partial charge in [0, 0.05) is 6.04 Å². The van der Waals surface area contributed by atoms with Crippen LogP contribution in [0.15, 0.2) is 0 Å². The van der Waals surface area contributed by atoms with E-state index in [1.54, 1.807) is 0 Å². The molecule has 6 nitrogen and oxygen atoms in total. The Bertz CT molecular complexity index is 462. The molecule has 1 amide bonds. The highest BCUT2D eigenvalue weighted by atomic mass is 32.2. The summed E-state index contributed by atoms with van der Waals surface area (Å²) in [6.45, 7) is -0.0632. The third-order valence-electron chi connectivity index (χ3n) is 2.53. The highest BCUT2D eigenvalue weighted by Crippen LogP contribution is 2.18. The third-order valence-corrected chi connectivity index (χ3v) is 4.28. The summed E-state index contributed by atoms with van der Waals surface area (Å²) >= 11 is 0. The average Bonchev–Trinajstić information content (AvgIpc) is 2.53. The second-order valence-electron chi connectivity index (χ2n) is 3.85. The van der Waals surface area contributed by atoms with Crippen LogP contribution in [0.2, 0.25) is 0 Å². The van der Waals surface area contributed by atoms with Crippen molar-refractivity contribution >= 4 is 21.7 Å². The van der Waals surface area contributed by atoms with Crippen molar-refractivity contribution in [3.8, 4) is 12.3 Å². The number of carboxylic acid groups (broad SMARTS) is 1. The minimum absolute atomic E-state index is 0.0130. The maximum atomic E-state index is 11.6. The minimum Gasteiger partial charge on any atom is -0.481 e. The highest BCUT2D eigenvalue weighted by molar-refractivity contribution is 7.91. The second kappa shape index (κ2) is 5.19. The lowest BCUT2D eigenvalue weighted by Gasteiger charge is -2.25. The molecule has 1 unspecified atom stereocenters. The number of carbonyl (C=O) groups is 2. The number of aliphatic carboxylic acids is 1. The molecule has 0 bridgehead atoms. The molecular formula is C10H13NO5S. The van der Waals surface area contributed by atoms with Crippen LogP contribution in [-0.2, 0) is 19.4 Å². The van der Waals surface area contributed by atoms with Gasteiger partial charge in [-0.15, -0.1) is 6.42 Å². The van der Waals surface area contributed by atoms with Crippen LogP contribution >= 0.6 is 0 Å². The molecule has 1 rings (SSSR count). The lowest BCUT2D eigenvalue weighted by molar-refractivity contribution is -0.144. The van der Waals surface area contributed by atoms with Crippen molar-refractivity contribution in [1.29, 1.82) is 0 Å². The minimum atomic E-state index is -3.13. The summed E-state index contributed by atoms with van der Waals surface area (Å²) in [5.41, 5.74) is 0. The van der Waals surface area contributed by atoms with Crippen molar-refractivity contribution in [2.75, 3.05) is 18.1 Å². The third kappa shape index (κ3) is 3.75. The molecule has 1 atom stereocenters. The van der Waals surface area contributed by atoms with Crippen LogP contribution in [0.3, 0.4) is 0 Å². The van der Waals surface area contributed by atoms with Crippen LogP contribution in [0, 0.1) is 12.3 Å². The molecule has 0 aromatic heterocycles. The summed E-state index contributed by atoms with van der Waals surface area (Å²) in [4.78, 5) is 23.2. The van der Waals surface area contributed by atoms with E-state index in [2.05, 4.69) is 5.92 Å². The predicted molar refractivity (Wildman–Crippen MR) is 59.9 cm³/mol. The Morgan fingerprint density at radius 3 is 2.53 bits per heavy atom. The van der Waals surface area contributed by atoms with Gasteiger partial charge in [0.05, 0.1) is 18.1 Å². The molecule has 1 aliphatic heterocycles. The number of hydrogen-bond acceptors (Lipinski definition) is 4. The van der Waals surface area contributed by atoms with Gasteiger partial charge in [0.15, 0.2) is 9.84 Å². The zero-order valence-corrected chi connectivity index (χ0v) is 9.94. The molecule has 94 valence electrons. The van der Waals surface area contributed by atoms with Crippen LogP contribution in [0.1, 0.15) is 12.8 Å². The van der Waals surface area contributed by atoms with Crippen molar-refractivity contribution in [3.05, 3.63) is 0 Å². The monoisotopic (exact) mass is 259 g/mol. The van der Waals surface area contributed by atoms with Gasteiger partial charge in [-0.1, -0.05) is 5.92 Å². The van der Waals surface area contributed by atoms with Gasteiger partial charge in [-0.05, 0) is 6.42 Å². The van der Waals surface area contributed by atoms with Gasteiger partial charge in [0.2, 0.25) is 5.91 Å². The number of sulfone groups is 1. The quantitative estimate of drug-likeness (QED) is 0.522. The molecular weight excluding hydrogens is 246 g/mol. The maximum absolute atomic E-state index is 11.6. The summed E-state index contributed by atoms with van der Waals surface area (Å²) in [5, 5.41) is 8.53. The fourth-order valence-corrected chi connectivity index (χ4v) is 3.50. The van der Waals surface area contributed by atoms with E-state index >= 15 is 0 Å². The van der Waals surface area contributed by atoms with Crippen molar-refractivity contribution < 1.29 is 23.1 Å². The summed E-state index contributed by atoms with van der Waals surface area (Å²) in [5.74, 6) is 0.225. The Morgan fingerprint density at radius 1 is 1.47 bits per heavy atom. The Balaban J connectivity index is 2.77. The fourth-order valence-electron chi connectivity index (χ4n) is 1.77. The average molecular weight is 259 g/mol. The molecule has 1 fully saturated rings. The first-order valence-corrected chi connectivity index (χ1v) is 6.83. The SMILES string of the molecule is C#CCN(C(=O)CC(=O)O)C1CCS(=O)(=O)C1. The Morgan fingerprint density at radius 2 is 2.12 bits per heavy atom. The van der Waals surface area contributed by atoms with E-state index in [-0.39, 0.29) is 18.1 Å². The van der Waals surface area contributed by atoms with Gasteiger partial charge in [0.1, 0.15) is 6.42 Å². The Labute approximate surface area is 99.5 Å². The maximum Gasteiger partial charge on any atom is 0.312 e. The van der Waals surface area contributed by atoms with Crippen LogP contribution < -0.4 is 0 Å². The van der Waals surface area contributed by atoms with Crippen molar-refractivity contribution in [1.82, 2.24) is 4.90 Å². The van der Waals surface area contributed by atoms with Crippen molar-refractivity contribution in [2.24, 2.45) is 0 Å². The number of carboxylic acids is 1. The molecule has 1 saturated heterocycles. The molecule has 1 aliphatic rings. The summed E-state index contributed by atoms with van der Waals surface area (Å²) < 4.78 is 22.6. The first-order chi connectivity index (χ1) is 7.85. The number of carbonyl (C=O) groups excluding carboxylic acids is 1. The molecule has 0 aromatic rings. The molecule has 0 spiro atoms. The topological polar surface area (TPSA) is 91.8 Å². The van der Waals surface area contributed by atoms with E-state index in [4.69, 9.17) is 11.5 Å². The summed E-state index contributed by atoms with van der Waals surface area (Å²) in [6, 6.07) is -0.497. The van der Waals surface area contributed by atoms with E-state index in [1.165, 1.54) is 4.90 Å². The normalized spacial score (nSPS) is 21.7. The van der Waals surface area contributed by atoms with E-state index in [1.807, 2.05) is 0 Å². The first kappa shape index (κ1) is 13.5. The van der Waals surface area contributed by atoms with E-state index in [9.17, 15) is 18.0 Å². The fraction of sp³-hybridized carbons (Fsp3) is 0.600. The zero-order chi connectivity index (χ0) is 13.1. The summed E-state index contributed by atoms with van der Waals surface area (Å²) in [6.07, 6.45) is 4.74. The molecule has 0 radical (unpaired) electrons. The smallest absolute Gasteiger partial charge is 0.312 e. The van der Waals surface area contributed by atoms with Gasteiger partial charge in [-0.3, -0.25) is 9.59 Å². The van der Waals surface area contributed by atoms with Gasteiger partial charge >= 0.3 is 5.97 Å². The van der Waals surface area contributed by atoms with Crippen molar-refractivity contribution in [2.45, 2.75) is 18.9 Å². The van der Waals surface area contributed by atoms with Crippen LogP contribution in [0.25, 0.3) is 0 Å². The largest absolute Gasteiger partial charge is 0.481 e. The van der Waals surface area contributed by atoms with E-state index in [0.717, 1.165) is 0 Å². The van der Waals surface area contributed by atoms with Gasteiger partial charge < -0.3 is 10.0 Å². The second-order valence-corrected chi connectivity index (χ2v) is 6.08. The van der Waals surface area contributed by atoms with Crippen molar-refractivity contribution in [3.63, 3.8) is 0 Å². The van der Waals surface area contributed by atoms with E-state index in [0.29, 0.717) is 6.42 Å². The van der Waals surface area contributed by atoms with Crippen LogP contribution in [0.5, 0.6) is 0 Å². The highest BCUT2D eigenvalue weighted by Gasteiger charge is 2.34. The lowest BCUT2D eigenvalue weighted by Crippen LogP contribution is -2.42. The lowest BCUT2D eigenvalue weighted by atomic mass is 10.2. The van der Waals surface area contributed by atoms with Crippen LogP contribution in [0.4, 0.5) is 0 Å². The molecule has 0 aromatic carbocycles. The van der Waals surface area contributed by atoms with Crippen LogP contribution in [-0.4, -0.2) is 54.4 Å². The molecule has 7 heteroatoms. The number of amides is 1. The standard InChI is InChI=1S/C10H13NO5S/c1-2-4-11(9(12)6-10(13)14)8-3-5-17(15,16)7-8/h1,8H,3-7H2,(H,13,14). The predicted octanol–water partition coefficient (Wildman–Crippen LogP) is -0.890. The molecule has 1 heterocycles. The zero-order valence-electron chi connectivity index (χ0n) is 9.13. The Kier molecular flexibility index (Phi) is 4.12. The molecule has 0 saturated carbocycles. The number of terminal acetylenes is 1. The number of hydrogen-bond donors (Lipinski definition) is 1. The van der Waals surface area contributed by atoms with Gasteiger partial charge in [-0.25, -0.2) is 8.42 Å². The Hall–Kier alpha value is -1.55. The van der Waals surface area contributed by atoms with Gasteiger partial charge in [0.25, 0.3) is 0 Å². The van der Waals surface area contributed by atoms with Gasteiger partial charge in [-0.2, -0.15) is 0 Å². The molecule has 1 N–H and O–H groups in total. The van der Waals surface area contributed by atoms with E-state index < -0.39 is 34.2 Å². The summed E-state index contributed by atoms with van der Waals surface area (Å²) in [7, 11) is -3.13. The number of rotatable bonds is 4. The number of nitrogens with zero attached hydrogens (tertiary/aromatic N) is 1. The first-order valence-electron chi connectivity index (χ1n) is 5.01.